The molecule has 4 nitrogen and oxygen atoms in total. The third-order valence-electron chi connectivity index (χ3n) is 7.52. The van der Waals surface area contributed by atoms with Gasteiger partial charge in [0.2, 0.25) is 0 Å². The van der Waals surface area contributed by atoms with Gasteiger partial charge >= 0.3 is 0 Å². The van der Waals surface area contributed by atoms with Gasteiger partial charge in [-0.15, -0.1) is 68.0 Å². The maximum atomic E-state index is 13.7. The Bertz CT molecular complexity index is 2120. The fourth-order valence-corrected chi connectivity index (χ4v) is 12.2. The zero-order valence-corrected chi connectivity index (χ0v) is 27.8. The van der Waals surface area contributed by atoms with Gasteiger partial charge in [-0.2, -0.15) is 0 Å². The molecule has 2 aliphatic rings. The van der Waals surface area contributed by atoms with E-state index in [2.05, 4.69) is 62.4 Å². The first-order valence-electron chi connectivity index (χ1n) is 13.2. The minimum Gasteiger partial charge on any atom is -0.309 e. The highest BCUT2D eigenvalue weighted by Gasteiger charge is 2.47. The third kappa shape index (κ3) is 4.00. The first-order chi connectivity index (χ1) is 20.3. The molecule has 6 aromatic rings. The van der Waals surface area contributed by atoms with Gasteiger partial charge in [-0.25, -0.2) is 0 Å². The van der Waals surface area contributed by atoms with Gasteiger partial charge in [-0.3, -0.25) is 9.59 Å². The van der Waals surface area contributed by atoms with Crippen LogP contribution in [0.25, 0.3) is 50.1 Å². The van der Waals surface area contributed by atoms with E-state index >= 15 is 0 Å². The molecular weight excluding hydrogens is 637 g/mol. The number of nitrogens with zero attached hydrogens (tertiary/aromatic N) is 2. The Hall–Kier alpha value is -3.12. The molecule has 0 atom stereocenters. The molecule has 0 saturated heterocycles. The van der Waals surface area contributed by atoms with E-state index in [-0.39, 0.29) is 11.8 Å². The summed E-state index contributed by atoms with van der Waals surface area (Å²) < 4.78 is 2.69. The average molecular weight is 659 g/mol. The van der Waals surface area contributed by atoms with Crippen molar-refractivity contribution >= 4 is 101 Å². The fourth-order valence-electron chi connectivity index (χ4n) is 5.55. The number of carbonyl (C=O) groups excluding carboxylic acids is 2. The third-order valence-corrected chi connectivity index (χ3v) is 14.6. The summed E-state index contributed by atoms with van der Waals surface area (Å²) in [5.74, 6) is -0.258. The second-order valence-electron chi connectivity index (χ2n) is 10.3. The van der Waals surface area contributed by atoms with Gasteiger partial charge in [0.15, 0.2) is 0 Å². The highest BCUT2D eigenvalue weighted by Crippen LogP contribution is 2.50. The van der Waals surface area contributed by atoms with Gasteiger partial charge in [0.05, 0.1) is 32.3 Å². The van der Waals surface area contributed by atoms with Crippen molar-refractivity contribution in [3.63, 3.8) is 0 Å². The minimum absolute atomic E-state index is 0.129. The summed E-state index contributed by atoms with van der Waals surface area (Å²) in [6.45, 7) is 4.25. The van der Waals surface area contributed by atoms with Crippen molar-refractivity contribution in [1.29, 1.82) is 0 Å². The molecule has 8 heterocycles. The Morgan fingerprint density at radius 3 is 1.38 bits per heavy atom. The largest absolute Gasteiger partial charge is 0.309 e. The van der Waals surface area contributed by atoms with Gasteiger partial charge in [-0.1, -0.05) is 0 Å². The molecule has 0 aromatic carbocycles. The van der Waals surface area contributed by atoms with Crippen molar-refractivity contribution < 1.29 is 9.59 Å². The Morgan fingerprint density at radius 1 is 0.452 bits per heavy atom. The number of likely N-dealkylation sites (N-methyl/N-ethyl adjacent to an activating group) is 2. The molecule has 208 valence electrons. The van der Waals surface area contributed by atoms with Crippen molar-refractivity contribution in [2.45, 2.75) is 13.8 Å². The molecule has 2 amide bonds. The van der Waals surface area contributed by atoms with Gasteiger partial charge in [0, 0.05) is 62.5 Å². The quantitative estimate of drug-likeness (QED) is 0.185. The SMILES string of the molecule is Cc1ccc(-c2ccc(C3=C4C(=O)N(C)C(c5ccc(-c6ccc(-c7cc8sc(C)cc8s7)s6)s5)=C4C(=O)N3C)s2)s1. The zero-order chi connectivity index (χ0) is 28.9. The van der Waals surface area contributed by atoms with Crippen LogP contribution < -0.4 is 0 Å². The van der Waals surface area contributed by atoms with Crippen LogP contribution in [0.5, 0.6) is 0 Å². The molecule has 0 spiro atoms. The van der Waals surface area contributed by atoms with Crippen LogP contribution in [-0.4, -0.2) is 35.7 Å². The second-order valence-corrected chi connectivity index (χ2v) is 17.2. The predicted molar refractivity (Wildman–Crippen MR) is 183 cm³/mol. The van der Waals surface area contributed by atoms with Crippen LogP contribution in [0.4, 0.5) is 0 Å². The summed E-state index contributed by atoms with van der Waals surface area (Å²) in [6, 6.07) is 21.5. The van der Waals surface area contributed by atoms with E-state index < -0.39 is 0 Å². The Morgan fingerprint density at radius 2 is 0.881 bits per heavy atom. The molecular formula is C32H22N2O2S6. The number of hydrogen-bond donors (Lipinski definition) is 0. The summed E-state index contributed by atoms with van der Waals surface area (Å²) in [7, 11) is 3.56. The standard InChI is InChI=1S/C32H22N2O2S6/c1-15-5-6-17(37-15)18-9-11-22(40-18)29-27-28(32(36)33(29)3)30(34(4)31(27)35)23-12-10-20(41-23)19-7-8-21(39-19)25-14-26-24(42-25)13-16(2)38-26/h5-14H,1-4H3. The normalized spacial score (nSPS) is 15.4. The van der Waals surface area contributed by atoms with Crippen LogP contribution in [0.1, 0.15) is 19.5 Å². The van der Waals surface area contributed by atoms with Crippen molar-refractivity contribution in [1.82, 2.24) is 9.80 Å². The molecule has 0 radical (unpaired) electrons. The molecule has 42 heavy (non-hydrogen) atoms. The molecule has 8 rings (SSSR count). The van der Waals surface area contributed by atoms with Crippen LogP contribution in [0.3, 0.4) is 0 Å². The Balaban J connectivity index is 1.16. The topological polar surface area (TPSA) is 40.6 Å². The lowest BCUT2D eigenvalue weighted by Crippen LogP contribution is -2.24. The monoisotopic (exact) mass is 658 g/mol. The van der Waals surface area contributed by atoms with Crippen LogP contribution in [0.2, 0.25) is 0 Å². The van der Waals surface area contributed by atoms with Gasteiger partial charge < -0.3 is 9.80 Å². The molecule has 0 saturated carbocycles. The van der Waals surface area contributed by atoms with E-state index in [1.165, 1.54) is 38.7 Å². The first-order valence-corrected chi connectivity index (χ1v) is 18.1. The van der Waals surface area contributed by atoms with Crippen molar-refractivity contribution in [2.75, 3.05) is 14.1 Å². The summed E-state index contributed by atoms with van der Waals surface area (Å²) >= 11 is 10.5. The zero-order valence-electron chi connectivity index (χ0n) is 22.9. The van der Waals surface area contributed by atoms with Crippen LogP contribution in [0, 0.1) is 13.8 Å². The molecule has 0 N–H and O–H groups in total. The van der Waals surface area contributed by atoms with E-state index in [1.807, 2.05) is 34.8 Å². The van der Waals surface area contributed by atoms with E-state index in [0.717, 1.165) is 19.5 Å². The molecule has 0 bridgehead atoms. The minimum atomic E-state index is -0.129. The lowest BCUT2D eigenvalue weighted by molar-refractivity contribution is -0.123. The lowest BCUT2D eigenvalue weighted by Gasteiger charge is -2.18. The fraction of sp³-hybridized carbons (Fsp3) is 0.125. The van der Waals surface area contributed by atoms with Gasteiger partial charge in [0.1, 0.15) is 0 Å². The average Bonchev–Trinajstić information content (AvgIpc) is 3.78. The Kier molecular flexibility index (Phi) is 6.12. The van der Waals surface area contributed by atoms with Crippen molar-refractivity contribution in [3.05, 3.63) is 91.3 Å². The number of rotatable bonds is 5. The molecule has 2 aliphatic heterocycles. The molecule has 0 fully saturated rings. The van der Waals surface area contributed by atoms with Crippen molar-refractivity contribution in [3.8, 4) is 29.3 Å². The summed E-state index contributed by atoms with van der Waals surface area (Å²) in [6.07, 6.45) is 0. The van der Waals surface area contributed by atoms with Crippen LogP contribution in [-0.2, 0) is 9.59 Å². The van der Waals surface area contributed by atoms with E-state index in [4.69, 9.17) is 0 Å². The molecule has 6 aromatic heterocycles. The first kappa shape index (κ1) is 26.5. The highest BCUT2D eigenvalue weighted by atomic mass is 32.1. The van der Waals surface area contributed by atoms with Gasteiger partial charge in [-0.05, 0) is 74.5 Å². The van der Waals surface area contributed by atoms with Crippen molar-refractivity contribution in [2.24, 2.45) is 0 Å². The van der Waals surface area contributed by atoms with E-state index in [1.54, 1.807) is 69.2 Å². The number of fused-ring (bicyclic) bond motifs is 2. The number of amides is 2. The Labute approximate surface area is 266 Å². The smallest absolute Gasteiger partial charge is 0.261 e. The predicted octanol–water partition coefficient (Wildman–Crippen LogP) is 9.89. The van der Waals surface area contributed by atoms with Crippen LogP contribution in [0.15, 0.2) is 71.8 Å². The molecule has 10 heteroatoms. The maximum Gasteiger partial charge on any atom is 0.261 e. The summed E-state index contributed by atoms with van der Waals surface area (Å²) in [4.78, 5) is 42.4. The van der Waals surface area contributed by atoms with Crippen LogP contribution >= 0.6 is 68.0 Å². The summed E-state index contributed by atoms with van der Waals surface area (Å²) in [5.41, 5.74) is 2.43. The number of carbonyl (C=O) groups is 2. The van der Waals surface area contributed by atoms with E-state index in [0.29, 0.717) is 22.5 Å². The summed E-state index contributed by atoms with van der Waals surface area (Å²) in [5, 5.41) is 0. The molecule has 0 unspecified atom stereocenters. The molecule has 0 aliphatic carbocycles. The van der Waals surface area contributed by atoms with Gasteiger partial charge in [0.25, 0.3) is 11.8 Å². The maximum absolute atomic E-state index is 13.7. The number of hydrogen-bond acceptors (Lipinski definition) is 8. The van der Waals surface area contributed by atoms with E-state index in [9.17, 15) is 9.59 Å². The second kappa shape index (κ2) is 9.70. The highest BCUT2D eigenvalue weighted by molar-refractivity contribution is 7.32. The number of thiophene rings is 6. The lowest BCUT2D eigenvalue weighted by atomic mass is 10.1. The number of aryl methyl sites for hydroxylation is 2.